The van der Waals surface area contributed by atoms with Gasteiger partial charge in [0, 0.05) is 50.7 Å². The number of H-pyrrole nitrogens is 1. The maximum atomic E-state index is 4.74. The van der Waals surface area contributed by atoms with Crippen molar-refractivity contribution >= 4 is 38.9 Å². The summed E-state index contributed by atoms with van der Waals surface area (Å²) in [7, 11) is 0. The number of benzene rings is 5. The van der Waals surface area contributed by atoms with E-state index in [0.29, 0.717) is 0 Å². The van der Waals surface area contributed by atoms with Crippen molar-refractivity contribution in [1.29, 1.82) is 0 Å². The van der Waals surface area contributed by atoms with E-state index in [1.54, 1.807) is 0 Å². The number of para-hydroxylation sites is 1. The zero-order valence-corrected chi connectivity index (χ0v) is 31.0. The second-order valence-corrected chi connectivity index (χ2v) is 16.8. The molecule has 0 radical (unpaired) electrons. The summed E-state index contributed by atoms with van der Waals surface area (Å²) in [5.74, 6) is 0. The molecule has 2 aromatic heterocycles. The average molecular weight is 656 g/mol. The first kappa shape index (κ1) is 33.4. The van der Waals surface area contributed by atoms with Gasteiger partial charge < -0.3 is 9.88 Å². The first-order valence-electron chi connectivity index (χ1n) is 17.8. The van der Waals surface area contributed by atoms with Crippen molar-refractivity contribution in [2.24, 2.45) is 0 Å². The summed E-state index contributed by atoms with van der Waals surface area (Å²) in [6, 6.07) is 44.5. The van der Waals surface area contributed by atoms with Gasteiger partial charge in [0.25, 0.3) is 0 Å². The molecule has 0 unspecified atom stereocenters. The predicted molar refractivity (Wildman–Crippen MR) is 215 cm³/mol. The van der Waals surface area contributed by atoms with E-state index in [4.69, 9.17) is 4.98 Å². The molecule has 3 nitrogen and oxygen atoms in total. The number of pyridine rings is 1. The van der Waals surface area contributed by atoms with E-state index in [1.165, 1.54) is 49.6 Å². The zero-order valence-electron chi connectivity index (χ0n) is 31.0. The molecule has 0 saturated carbocycles. The number of rotatable bonds is 5. The van der Waals surface area contributed by atoms with Crippen LogP contribution in [-0.2, 0) is 16.2 Å². The normalized spacial score (nSPS) is 12.5. The molecule has 0 spiro atoms. The second kappa shape index (κ2) is 12.3. The average Bonchev–Trinajstić information content (AvgIpc) is 3.46. The number of anilines is 3. The number of nitrogens with one attached hydrogen (secondary N) is 1. The lowest BCUT2D eigenvalue weighted by molar-refractivity contribution is 0.590. The summed E-state index contributed by atoms with van der Waals surface area (Å²) in [6.45, 7) is 20.6. The van der Waals surface area contributed by atoms with Crippen molar-refractivity contribution in [2.45, 2.75) is 78.6 Å². The van der Waals surface area contributed by atoms with Gasteiger partial charge in [-0.3, -0.25) is 4.98 Å². The molecule has 3 heteroatoms. The number of nitrogens with zero attached hydrogens (tertiary/aromatic N) is 2. The summed E-state index contributed by atoms with van der Waals surface area (Å²) in [4.78, 5) is 11.0. The molecule has 0 fully saturated rings. The minimum Gasteiger partial charge on any atom is -0.354 e. The van der Waals surface area contributed by atoms with Gasteiger partial charge >= 0.3 is 0 Å². The van der Waals surface area contributed by atoms with E-state index < -0.39 is 0 Å². The van der Waals surface area contributed by atoms with E-state index in [9.17, 15) is 0 Å². The number of hydrogen-bond donors (Lipinski definition) is 1. The highest BCUT2D eigenvalue weighted by Crippen LogP contribution is 2.43. The molecule has 1 N–H and O–H groups in total. The van der Waals surface area contributed by atoms with E-state index in [0.717, 1.165) is 28.3 Å². The van der Waals surface area contributed by atoms with Gasteiger partial charge in [-0.25, -0.2) is 0 Å². The zero-order chi connectivity index (χ0) is 35.4. The van der Waals surface area contributed by atoms with Crippen molar-refractivity contribution in [3.8, 4) is 22.4 Å². The monoisotopic (exact) mass is 655 g/mol. The Kier molecular flexibility index (Phi) is 8.22. The molecule has 7 rings (SSSR count). The fourth-order valence-electron chi connectivity index (χ4n) is 6.82. The molecule has 2 heterocycles. The van der Waals surface area contributed by atoms with E-state index in [1.807, 2.05) is 12.3 Å². The van der Waals surface area contributed by atoms with Crippen LogP contribution in [0.5, 0.6) is 0 Å². The standard InChI is InChI=1S/C47H49N3/c1-45(2,3)33-21-22-43-40(28-33)41-30-35(47(7,8)9)29-39(44(41)49-43)31-16-15-19-37(25-31)50(36-17-11-10-12-18-36)38-26-32(42-20-13-14-23-48-42)24-34(27-38)46(4,5)6/h10-30,49H,1-9H3. The molecule has 5 aromatic carbocycles. The topological polar surface area (TPSA) is 31.9 Å². The number of hydrogen-bond acceptors (Lipinski definition) is 2. The molecule has 0 bridgehead atoms. The SMILES string of the molecule is CC(C)(C)c1cc(-c2ccccn2)cc(N(c2ccccc2)c2cccc(-c3cc(C(C)(C)C)cc4c3[nH]c3ccc(C(C)(C)C)cc34)c2)c1. The lowest BCUT2D eigenvalue weighted by Crippen LogP contribution is -2.15. The molecule has 0 aliphatic heterocycles. The Morgan fingerprint density at radius 1 is 0.480 bits per heavy atom. The van der Waals surface area contributed by atoms with Crippen LogP contribution in [0.1, 0.15) is 79.0 Å². The van der Waals surface area contributed by atoms with Crippen LogP contribution >= 0.6 is 0 Å². The Morgan fingerprint density at radius 2 is 1.12 bits per heavy atom. The number of fused-ring (bicyclic) bond motifs is 3. The number of aromatic nitrogens is 2. The van der Waals surface area contributed by atoms with Gasteiger partial charge in [0.15, 0.2) is 0 Å². The fourth-order valence-corrected chi connectivity index (χ4v) is 6.82. The van der Waals surface area contributed by atoms with Crippen LogP contribution in [0.4, 0.5) is 17.1 Å². The third-order valence-electron chi connectivity index (χ3n) is 9.87. The summed E-state index contributed by atoms with van der Waals surface area (Å²) < 4.78 is 0. The molecule has 0 atom stereocenters. The lowest BCUT2D eigenvalue weighted by Gasteiger charge is -2.29. The van der Waals surface area contributed by atoms with E-state index in [2.05, 4.69) is 187 Å². The first-order valence-corrected chi connectivity index (χ1v) is 17.8. The molecule has 0 aliphatic carbocycles. The quantitative estimate of drug-likeness (QED) is 0.200. The number of aromatic amines is 1. The van der Waals surface area contributed by atoms with Crippen LogP contribution in [0.3, 0.4) is 0 Å². The molecule has 252 valence electrons. The molecule has 0 saturated heterocycles. The van der Waals surface area contributed by atoms with Crippen molar-refractivity contribution in [3.63, 3.8) is 0 Å². The van der Waals surface area contributed by atoms with Gasteiger partial charge in [-0.05, 0) is 117 Å². The molecule has 0 amide bonds. The summed E-state index contributed by atoms with van der Waals surface area (Å²) in [5, 5.41) is 2.56. The highest BCUT2D eigenvalue weighted by Gasteiger charge is 2.23. The van der Waals surface area contributed by atoms with Crippen LogP contribution < -0.4 is 4.90 Å². The van der Waals surface area contributed by atoms with Gasteiger partial charge in [-0.2, -0.15) is 0 Å². The highest BCUT2D eigenvalue weighted by molar-refractivity contribution is 6.12. The minimum absolute atomic E-state index is 0.0167. The second-order valence-electron chi connectivity index (χ2n) is 16.8. The maximum Gasteiger partial charge on any atom is 0.0702 e. The van der Waals surface area contributed by atoms with E-state index in [-0.39, 0.29) is 16.2 Å². The third-order valence-corrected chi connectivity index (χ3v) is 9.87. The third kappa shape index (κ3) is 6.45. The van der Waals surface area contributed by atoms with Gasteiger partial charge in [-0.1, -0.05) is 105 Å². The fraction of sp³-hybridized carbons (Fsp3) is 0.255. The maximum absolute atomic E-state index is 4.74. The van der Waals surface area contributed by atoms with Crippen LogP contribution in [0.15, 0.2) is 128 Å². The van der Waals surface area contributed by atoms with Crippen molar-refractivity contribution < 1.29 is 0 Å². The van der Waals surface area contributed by atoms with Gasteiger partial charge in [0.05, 0.1) is 11.2 Å². The molecule has 0 aliphatic rings. The minimum atomic E-state index is -0.0504. The molecular formula is C47H49N3. The van der Waals surface area contributed by atoms with Gasteiger partial charge in [-0.15, -0.1) is 0 Å². The Morgan fingerprint density at radius 3 is 1.80 bits per heavy atom. The van der Waals surface area contributed by atoms with E-state index >= 15 is 0 Å². The first-order chi connectivity index (χ1) is 23.7. The Labute approximate surface area is 298 Å². The van der Waals surface area contributed by atoms with Crippen LogP contribution in [0.2, 0.25) is 0 Å². The van der Waals surface area contributed by atoms with Crippen LogP contribution in [0.25, 0.3) is 44.2 Å². The van der Waals surface area contributed by atoms with Crippen molar-refractivity contribution in [2.75, 3.05) is 4.90 Å². The summed E-state index contributed by atoms with van der Waals surface area (Å²) >= 11 is 0. The Bertz CT molecular complexity index is 2310. The van der Waals surface area contributed by atoms with Crippen LogP contribution in [-0.4, -0.2) is 9.97 Å². The summed E-state index contributed by atoms with van der Waals surface area (Å²) in [5.41, 5.74) is 14.1. The smallest absolute Gasteiger partial charge is 0.0702 e. The van der Waals surface area contributed by atoms with Crippen LogP contribution in [0, 0.1) is 0 Å². The molecule has 50 heavy (non-hydrogen) atoms. The van der Waals surface area contributed by atoms with Crippen molar-refractivity contribution in [1.82, 2.24) is 9.97 Å². The molecular weight excluding hydrogens is 607 g/mol. The van der Waals surface area contributed by atoms with Gasteiger partial charge in [0.2, 0.25) is 0 Å². The predicted octanol–water partition coefficient (Wildman–Crippen LogP) is 13.4. The summed E-state index contributed by atoms with van der Waals surface area (Å²) in [6.07, 6.45) is 1.87. The van der Waals surface area contributed by atoms with Crippen molar-refractivity contribution in [3.05, 3.63) is 144 Å². The Balaban J connectivity index is 1.46. The highest BCUT2D eigenvalue weighted by atomic mass is 15.1. The largest absolute Gasteiger partial charge is 0.354 e. The molecule has 7 aromatic rings. The lowest BCUT2D eigenvalue weighted by atomic mass is 9.83. The van der Waals surface area contributed by atoms with Gasteiger partial charge in [0.1, 0.15) is 0 Å². The Hall–Kier alpha value is -5.15.